The van der Waals surface area contributed by atoms with Gasteiger partial charge in [0.1, 0.15) is 0 Å². The molecule has 5 heteroatoms. The fourth-order valence-corrected chi connectivity index (χ4v) is 2.62. The standard InChI is InChI=1S/C15H20N2O2S/c1-3-19-13-6-4-5-12(15(13)18-2)11-16-8-7-14-17-9-10-20-14/h4-6,9-10,16H,3,7-8,11H2,1-2H3. The summed E-state index contributed by atoms with van der Waals surface area (Å²) in [6.45, 7) is 4.26. The Morgan fingerprint density at radius 1 is 1.35 bits per heavy atom. The van der Waals surface area contributed by atoms with Gasteiger partial charge in [0.2, 0.25) is 0 Å². The second kappa shape index (κ2) is 7.87. The maximum absolute atomic E-state index is 5.57. The summed E-state index contributed by atoms with van der Waals surface area (Å²) in [4.78, 5) is 4.27. The van der Waals surface area contributed by atoms with Crippen molar-refractivity contribution in [3.05, 3.63) is 40.3 Å². The van der Waals surface area contributed by atoms with Crippen LogP contribution in [0.2, 0.25) is 0 Å². The smallest absolute Gasteiger partial charge is 0.165 e. The molecule has 0 saturated heterocycles. The van der Waals surface area contributed by atoms with Gasteiger partial charge in [-0.3, -0.25) is 0 Å². The van der Waals surface area contributed by atoms with E-state index in [4.69, 9.17) is 9.47 Å². The van der Waals surface area contributed by atoms with Gasteiger partial charge in [0.05, 0.1) is 18.7 Å². The molecule has 4 nitrogen and oxygen atoms in total. The molecule has 0 spiro atoms. The van der Waals surface area contributed by atoms with Gasteiger partial charge in [-0.05, 0) is 13.0 Å². The Balaban J connectivity index is 1.90. The first kappa shape index (κ1) is 14.8. The number of para-hydroxylation sites is 1. The minimum atomic E-state index is 0.636. The molecule has 108 valence electrons. The topological polar surface area (TPSA) is 43.4 Å². The number of nitrogens with one attached hydrogen (secondary N) is 1. The first-order valence-corrected chi connectivity index (χ1v) is 7.61. The molecule has 0 atom stereocenters. The summed E-state index contributed by atoms with van der Waals surface area (Å²) in [6, 6.07) is 5.98. The van der Waals surface area contributed by atoms with Crippen molar-refractivity contribution in [1.82, 2.24) is 10.3 Å². The molecule has 1 N–H and O–H groups in total. The molecule has 20 heavy (non-hydrogen) atoms. The van der Waals surface area contributed by atoms with E-state index in [9.17, 15) is 0 Å². The van der Waals surface area contributed by atoms with Gasteiger partial charge in [-0.1, -0.05) is 12.1 Å². The molecule has 0 saturated carbocycles. The van der Waals surface area contributed by atoms with Crippen molar-refractivity contribution < 1.29 is 9.47 Å². The van der Waals surface area contributed by atoms with Gasteiger partial charge in [0.25, 0.3) is 0 Å². The summed E-state index contributed by atoms with van der Waals surface area (Å²) in [5, 5.41) is 6.58. The van der Waals surface area contributed by atoms with E-state index in [0.29, 0.717) is 6.61 Å². The first-order chi connectivity index (χ1) is 9.85. The SMILES string of the molecule is CCOc1cccc(CNCCc2nccs2)c1OC. The van der Waals surface area contributed by atoms with E-state index < -0.39 is 0 Å². The molecule has 1 aromatic heterocycles. The lowest BCUT2D eigenvalue weighted by Gasteiger charge is -2.14. The van der Waals surface area contributed by atoms with Crippen LogP contribution in [0.3, 0.4) is 0 Å². The molecule has 1 heterocycles. The second-order valence-electron chi connectivity index (χ2n) is 4.23. The molecule has 1 aromatic carbocycles. The molecule has 0 radical (unpaired) electrons. The van der Waals surface area contributed by atoms with Crippen LogP contribution in [0.15, 0.2) is 29.8 Å². The second-order valence-corrected chi connectivity index (χ2v) is 5.21. The van der Waals surface area contributed by atoms with E-state index in [-0.39, 0.29) is 0 Å². The van der Waals surface area contributed by atoms with Crippen molar-refractivity contribution >= 4 is 11.3 Å². The normalized spacial score (nSPS) is 10.5. The quantitative estimate of drug-likeness (QED) is 0.760. The van der Waals surface area contributed by atoms with Gasteiger partial charge in [-0.2, -0.15) is 0 Å². The van der Waals surface area contributed by atoms with Crippen molar-refractivity contribution in [3.8, 4) is 11.5 Å². The molecule has 2 rings (SSSR count). The lowest BCUT2D eigenvalue weighted by atomic mass is 10.2. The molecule has 0 bridgehead atoms. The Kier molecular flexibility index (Phi) is 5.83. The van der Waals surface area contributed by atoms with E-state index in [1.165, 1.54) is 0 Å². The largest absolute Gasteiger partial charge is 0.493 e. The Hall–Kier alpha value is -1.59. The number of hydrogen-bond donors (Lipinski definition) is 1. The highest BCUT2D eigenvalue weighted by molar-refractivity contribution is 7.09. The number of ether oxygens (including phenoxy) is 2. The zero-order valence-corrected chi connectivity index (χ0v) is 12.7. The Morgan fingerprint density at radius 2 is 2.25 bits per heavy atom. The number of benzene rings is 1. The third-order valence-electron chi connectivity index (χ3n) is 2.88. The van der Waals surface area contributed by atoms with E-state index in [0.717, 1.165) is 41.6 Å². The number of rotatable bonds is 8. The van der Waals surface area contributed by atoms with Crippen LogP contribution in [-0.4, -0.2) is 25.2 Å². The Morgan fingerprint density at radius 3 is 2.95 bits per heavy atom. The summed E-state index contributed by atoms with van der Waals surface area (Å²) >= 11 is 1.69. The lowest BCUT2D eigenvalue weighted by molar-refractivity contribution is 0.308. The van der Waals surface area contributed by atoms with Crippen molar-refractivity contribution in [2.75, 3.05) is 20.3 Å². The van der Waals surface area contributed by atoms with Gasteiger partial charge in [-0.15, -0.1) is 11.3 Å². The highest BCUT2D eigenvalue weighted by atomic mass is 32.1. The zero-order valence-electron chi connectivity index (χ0n) is 11.9. The highest BCUT2D eigenvalue weighted by Gasteiger charge is 2.09. The van der Waals surface area contributed by atoms with Crippen LogP contribution in [-0.2, 0) is 13.0 Å². The van der Waals surface area contributed by atoms with Crippen LogP contribution in [0.5, 0.6) is 11.5 Å². The molecule has 0 aliphatic carbocycles. The van der Waals surface area contributed by atoms with E-state index in [1.807, 2.05) is 30.6 Å². The van der Waals surface area contributed by atoms with Crippen molar-refractivity contribution in [1.29, 1.82) is 0 Å². The van der Waals surface area contributed by atoms with Gasteiger partial charge >= 0.3 is 0 Å². The average molecular weight is 292 g/mol. The van der Waals surface area contributed by atoms with Crippen LogP contribution in [0.25, 0.3) is 0 Å². The van der Waals surface area contributed by atoms with Gasteiger partial charge in [0, 0.05) is 36.7 Å². The Labute approximate surface area is 123 Å². The van der Waals surface area contributed by atoms with Crippen molar-refractivity contribution in [3.63, 3.8) is 0 Å². The van der Waals surface area contributed by atoms with Crippen LogP contribution in [0.4, 0.5) is 0 Å². The predicted octanol–water partition coefficient (Wildman–Crippen LogP) is 2.88. The summed E-state index contributed by atoms with van der Waals surface area (Å²) in [6.07, 6.45) is 2.79. The van der Waals surface area contributed by atoms with E-state index >= 15 is 0 Å². The van der Waals surface area contributed by atoms with E-state index in [1.54, 1.807) is 18.4 Å². The summed E-state index contributed by atoms with van der Waals surface area (Å²) in [5.74, 6) is 1.62. The number of nitrogens with zero attached hydrogens (tertiary/aromatic N) is 1. The van der Waals surface area contributed by atoms with Crippen LogP contribution < -0.4 is 14.8 Å². The van der Waals surface area contributed by atoms with Crippen LogP contribution in [0.1, 0.15) is 17.5 Å². The maximum Gasteiger partial charge on any atom is 0.165 e. The molecule has 0 amide bonds. The number of aromatic nitrogens is 1. The maximum atomic E-state index is 5.57. The monoisotopic (exact) mass is 292 g/mol. The van der Waals surface area contributed by atoms with Crippen LogP contribution >= 0.6 is 11.3 Å². The third-order valence-corrected chi connectivity index (χ3v) is 3.72. The first-order valence-electron chi connectivity index (χ1n) is 6.73. The number of thiazole rings is 1. The van der Waals surface area contributed by atoms with Gasteiger partial charge in [0.15, 0.2) is 11.5 Å². The fraction of sp³-hybridized carbons (Fsp3) is 0.400. The molecular weight excluding hydrogens is 272 g/mol. The summed E-state index contributed by atoms with van der Waals surface area (Å²) in [5.41, 5.74) is 1.11. The van der Waals surface area contributed by atoms with Crippen LogP contribution in [0, 0.1) is 0 Å². The van der Waals surface area contributed by atoms with Crippen molar-refractivity contribution in [2.24, 2.45) is 0 Å². The predicted molar refractivity (Wildman–Crippen MR) is 81.7 cm³/mol. The summed E-state index contributed by atoms with van der Waals surface area (Å²) in [7, 11) is 1.68. The van der Waals surface area contributed by atoms with Crippen molar-refractivity contribution in [2.45, 2.75) is 19.9 Å². The molecule has 0 unspecified atom stereocenters. The van der Waals surface area contributed by atoms with Gasteiger partial charge in [-0.25, -0.2) is 4.98 Å². The van der Waals surface area contributed by atoms with E-state index in [2.05, 4.69) is 16.4 Å². The lowest BCUT2D eigenvalue weighted by Crippen LogP contribution is -2.17. The minimum Gasteiger partial charge on any atom is -0.493 e. The number of hydrogen-bond acceptors (Lipinski definition) is 5. The van der Waals surface area contributed by atoms with Gasteiger partial charge < -0.3 is 14.8 Å². The average Bonchev–Trinajstić information content (AvgIpc) is 2.97. The molecule has 0 fully saturated rings. The summed E-state index contributed by atoms with van der Waals surface area (Å²) < 4.78 is 11.0. The molecule has 2 aromatic rings. The third kappa shape index (κ3) is 3.95. The molecular formula is C15H20N2O2S. The highest BCUT2D eigenvalue weighted by Crippen LogP contribution is 2.30. The Bertz CT molecular complexity index is 515. The molecule has 0 aliphatic rings. The number of methoxy groups -OCH3 is 1. The zero-order chi connectivity index (χ0) is 14.2. The minimum absolute atomic E-state index is 0.636. The fourth-order valence-electron chi connectivity index (χ4n) is 2.00. The molecule has 0 aliphatic heterocycles.